The molecule has 0 aromatic carbocycles. The predicted octanol–water partition coefficient (Wildman–Crippen LogP) is 0.515. The molecule has 15 heavy (non-hydrogen) atoms. The molecule has 0 aromatic heterocycles. The number of carbonyl (C=O) groups is 1. The molecule has 1 heterocycles. The van der Waals surface area contributed by atoms with Gasteiger partial charge in [0.2, 0.25) is 8.38 Å². The molecule has 1 aliphatic rings. The van der Waals surface area contributed by atoms with E-state index in [0.717, 1.165) is 32.5 Å². The van der Waals surface area contributed by atoms with Crippen LogP contribution in [-0.2, 0) is 9.53 Å². The highest BCUT2D eigenvalue weighted by Crippen LogP contribution is 2.24. The van der Waals surface area contributed by atoms with E-state index in [1.54, 1.807) is 0 Å². The maximum absolute atomic E-state index is 11.4. The fraction of sp³-hybridized carbons (Fsp3) is 0.889. The molecule has 0 radical (unpaired) electrons. The fourth-order valence-electron chi connectivity index (χ4n) is 1.72. The van der Waals surface area contributed by atoms with Crippen LogP contribution in [-0.4, -0.2) is 46.6 Å². The van der Waals surface area contributed by atoms with Crippen molar-refractivity contribution in [3.8, 4) is 0 Å². The van der Waals surface area contributed by atoms with Crippen molar-refractivity contribution in [3.63, 3.8) is 0 Å². The summed E-state index contributed by atoms with van der Waals surface area (Å²) in [5.41, 5.74) is 0. The predicted molar refractivity (Wildman–Crippen MR) is 57.2 cm³/mol. The number of likely N-dealkylation sites (tertiary alicyclic amines) is 1. The number of hydrogen-bond acceptors (Lipinski definition) is 5. The summed E-state index contributed by atoms with van der Waals surface area (Å²) in [6.07, 6.45) is 1.35. The molecule has 0 aromatic rings. The largest absolute Gasteiger partial charge is 0.456 e. The highest BCUT2D eigenvalue weighted by Gasteiger charge is 2.25. The van der Waals surface area contributed by atoms with E-state index in [2.05, 4.69) is 11.8 Å². The van der Waals surface area contributed by atoms with E-state index in [9.17, 15) is 4.79 Å². The van der Waals surface area contributed by atoms with Crippen LogP contribution in [0.5, 0.6) is 0 Å². The summed E-state index contributed by atoms with van der Waals surface area (Å²) in [6.45, 7) is 4.95. The first-order chi connectivity index (χ1) is 7.13. The fourth-order valence-corrected chi connectivity index (χ4v) is 1.97. The Morgan fingerprint density at radius 3 is 2.53 bits per heavy atom. The summed E-state index contributed by atoms with van der Waals surface area (Å²) in [4.78, 5) is 31.0. The molecule has 2 N–H and O–H groups in total. The molecule has 0 spiro atoms. The van der Waals surface area contributed by atoms with Gasteiger partial charge in [0.25, 0.3) is 0 Å². The first-order valence-electron chi connectivity index (χ1n) is 5.17. The molecule has 1 aliphatic heterocycles. The average molecular weight is 235 g/mol. The maximum Gasteiger partial charge on any atom is 0.309 e. The Hall–Kier alpha value is -0.220. The zero-order valence-electron chi connectivity index (χ0n) is 8.93. The quantitative estimate of drug-likeness (QED) is 0.549. The van der Waals surface area contributed by atoms with Crippen molar-refractivity contribution in [1.29, 1.82) is 0 Å². The molecule has 0 amide bonds. The Labute approximate surface area is 90.9 Å². The van der Waals surface area contributed by atoms with Crippen LogP contribution in [0.2, 0.25) is 0 Å². The molecule has 0 atom stereocenters. The minimum atomic E-state index is -2.12. The maximum atomic E-state index is 11.4. The lowest BCUT2D eigenvalue weighted by Crippen LogP contribution is -2.36. The van der Waals surface area contributed by atoms with Crippen molar-refractivity contribution in [2.75, 3.05) is 26.0 Å². The van der Waals surface area contributed by atoms with Gasteiger partial charge in [-0.05, 0) is 32.5 Å². The topological polar surface area (TPSA) is 70.0 Å². The van der Waals surface area contributed by atoms with E-state index in [1.165, 1.54) is 0 Å². The van der Waals surface area contributed by atoms with Gasteiger partial charge < -0.3 is 19.4 Å². The molecule has 1 saturated heterocycles. The van der Waals surface area contributed by atoms with Crippen LogP contribution in [0, 0.1) is 5.92 Å². The van der Waals surface area contributed by atoms with E-state index in [4.69, 9.17) is 14.5 Å². The normalized spacial score (nSPS) is 19.5. The Morgan fingerprint density at radius 2 is 2.07 bits per heavy atom. The molecule has 0 bridgehead atoms. The van der Waals surface area contributed by atoms with Gasteiger partial charge >= 0.3 is 5.97 Å². The number of rotatable bonds is 4. The molecule has 1 fully saturated rings. The second-order valence-corrected chi connectivity index (χ2v) is 4.68. The number of nitrogens with zero attached hydrogens (tertiary/aromatic N) is 1. The van der Waals surface area contributed by atoms with Crippen molar-refractivity contribution in [2.45, 2.75) is 19.8 Å². The van der Waals surface area contributed by atoms with Crippen LogP contribution >= 0.6 is 8.38 Å². The Balaban J connectivity index is 2.24. The van der Waals surface area contributed by atoms with E-state index in [0.29, 0.717) is 0 Å². The van der Waals surface area contributed by atoms with Crippen LogP contribution in [0.25, 0.3) is 0 Å². The van der Waals surface area contributed by atoms with Crippen LogP contribution in [0.1, 0.15) is 19.8 Å². The Kier molecular flexibility index (Phi) is 5.47. The summed E-state index contributed by atoms with van der Waals surface area (Å²) < 4.78 is 4.78. The highest BCUT2D eigenvalue weighted by molar-refractivity contribution is 7.44. The van der Waals surface area contributed by atoms with E-state index in [-0.39, 0.29) is 18.2 Å². The molecule has 6 heteroatoms. The molecular weight excluding hydrogens is 217 g/mol. The number of esters is 1. The third-order valence-corrected chi connectivity index (χ3v) is 3.05. The van der Waals surface area contributed by atoms with Crippen LogP contribution in [0.15, 0.2) is 0 Å². The Morgan fingerprint density at radius 1 is 1.47 bits per heavy atom. The van der Waals surface area contributed by atoms with Gasteiger partial charge in [-0.3, -0.25) is 4.79 Å². The molecule has 0 unspecified atom stereocenters. The van der Waals surface area contributed by atoms with E-state index < -0.39 is 8.38 Å². The third-order valence-electron chi connectivity index (χ3n) is 2.69. The van der Waals surface area contributed by atoms with E-state index >= 15 is 0 Å². The summed E-state index contributed by atoms with van der Waals surface area (Å²) in [5, 5.41) is 0. The molecule has 0 saturated carbocycles. The third kappa shape index (κ3) is 4.43. The zero-order valence-corrected chi connectivity index (χ0v) is 9.82. The van der Waals surface area contributed by atoms with Gasteiger partial charge in [0.05, 0.1) is 5.92 Å². The van der Waals surface area contributed by atoms with Gasteiger partial charge in [0, 0.05) is 0 Å². The van der Waals surface area contributed by atoms with Gasteiger partial charge in [-0.1, -0.05) is 6.92 Å². The van der Waals surface area contributed by atoms with Gasteiger partial charge in [-0.15, -0.1) is 0 Å². The van der Waals surface area contributed by atoms with Crippen molar-refractivity contribution >= 4 is 14.3 Å². The summed E-state index contributed by atoms with van der Waals surface area (Å²) >= 11 is 0. The lowest BCUT2D eigenvalue weighted by atomic mass is 9.97. The smallest absolute Gasteiger partial charge is 0.309 e. The summed E-state index contributed by atoms with van der Waals surface area (Å²) in [5.74, 6) is -0.357. The molecule has 88 valence electrons. The second-order valence-electron chi connectivity index (χ2n) is 3.67. The van der Waals surface area contributed by atoms with Gasteiger partial charge in [0.15, 0.2) is 6.35 Å². The standard InChI is InChI=1S/C9H18NO4P/c1-2-10-5-3-8(4-6-10)9(11)14-7-15(12)13/h8,12-13H,2-7H2,1H3. The van der Waals surface area contributed by atoms with Crippen LogP contribution in [0.4, 0.5) is 0 Å². The number of piperidine rings is 1. The summed E-state index contributed by atoms with van der Waals surface area (Å²) in [6, 6.07) is 0. The average Bonchev–Trinajstić information content (AvgIpc) is 2.26. The number of ether oxygens (including phenoxy) is 1. The molecule has 1 rings (SSSR count). The van der Waals surface area contributed by atoms with E-state index in [1.807, 2.05) is 0 Å². The van der Waals surface area contributed by atoms with Crippen molar-refractivity contribution < 1.29 is 19.3 Å². The Bertz CT molecular complexity index is 204. The lowest BCUT2D eigenvalue weighted by molar-refractivity contribution is -0.148. The SMILES string of the molecule is CCN1CCC(C(=O)OCP(O)O)CC1. The molecular formula is C9H18NO4P. The number of hydrogen-bond donors (Lipinski definition) is 2. The number of carbonyl (C=O) groups excluding carboxylic acids is 1. The first-order valence-corrected chi connectivity index (χ1v) is 6.61. The zero-order chi connectivity index (χ0) is 11.3. The highest BCUT2D eigenvalue weighted by atomic mass is 31.2. The van der Waals surface area contributed by atoms with Gasteiger partial charge in [0.1, 0.15) is 0 Å². The van der Waals surface area contributed by atoms with Crippen LogP contribution < -0.4 is 0 Å². The first kappa shape index (κ1) is 12.8. The van der Waals surface area contributed by atoms with Crippen LogP contribution in [0.3, 0.4) is 0 Å². The summed E-state index contributed by atoms with van der Waals surface area (Å²) in [7, 11) is -2.12. The van der Waals surface area contributed by atoms with Crippen molar-refractivity contribution in [2.24, 2.45) is 5.92 Å². The molecule has 5 nitrogen and oxygen atoms in total. The van der Waals surface area contributed by atoms with Crippen molar-refractivity contribution in [3.05, 3.63) is 0 Å². The molecule has 0 aliphatic carbocycles. The van der Waals surface area contributed by atoms with Gasteiger partial charge in [-0.2, -0.15) is 0 Å². The second kappa shape index (κ2) is 6.38. The minimum Gasteiger partial charge on any atom is -0.456 e. The lowest BCUT2D eigenvalue weighted by Gasteiger charge is -2.29. The van der Waals surface area contributed by atoms with Crippen molar-refractivity contribution in [1.82, 2.24) is 4.90 Å². The monoisotopic (exact) mass is 235 g/mol. The minimum absolute atomic E-state index is 0.0669. The van der Waals surface area contributed by atoms with Gasteiger partial charge in [-0.25, -0.2) is 0 Å².